The van der Waals surface area contributed by atoms with Gasteiger partial charge in [-0.15, -0.1) is 0 Å². The Hall–Kier alpha value is -2.90. The molecule has 2 N–H and O–H groups in total. The molecule has 0 bridgehead atoms. The fourth-order valence-corrected chi connectivity index (χ4v) is 3.23. The number of H-pyrrole nitrogens is 1. The number of hydrogen-bond donors (Lipinski definition) is 2. The number of carbonyl (C=O) groups excluding carboxylic acids is 2. The fourth-order valence-electron chi connectivity index (χ4n) is 3.23. The highest BCUT2D eigenvalue weighted by Crippen LogP contribution is 2.35. The first-order valence-electron chi connectivity index (χ1n) is 8.25. The Bertz CT molecular complexity index is 990. The predicted octanol–water partition coefficient (Wildman–Crippen LogP) is 3.80. The van der Waals surface area contributed by atoms with Gasteiger partial charge < -0.3 is 10.3 Å². The van der Waals surface area contributed by atoms with Gasteiger partial charge in [-0.25, -0.2) is 0 Å². The average Bonchev–Trinajstić information content (AvgIpc) is 2.52. The number of rotatable bonds is 2. The van der Waals surface area contributed by atoms with Crippen LogP contribution >= 0.6 is 0 Å². The molecule has 1 heterocycles. The summed E-state index contributed by atoms with van der Waals surface area (Å²) >= 11 is 0. The van der Waals surface area contributed by atoms with Gasteiger partial charge >= 0.3 is 6.18 Å². The van der Waals surface area contributed by atoms with Crippen LogP contribution in [0.25, 0.3) is 0 Å². The largest absolute Gasteiger partial charge is 0.418 e. The van der Waals surface area contributed by atoms with Crippen molar-refractivity contribution >= 4 is 17.4 Å². The minimum Gasteiger partial charge on any atom is -0.325 e. The molecule has 27 heavy (non-hydrogen) atoms. The number of pyridine rings is 1. The molecule has 142 valence electrons. The van der Waals surface area contributed by atoms with Gasteiger partial charge in [0.2, 0.25) is 0 Å². The van der Waals surface area contributed by atoms with Gasteiger partial charge in [-0.05, 0) is 30.0 Å². The normalized spacial score (nSPS) is 16.0. The molecule has 0 saturated heterocycles. The van der Waals surface area contributed by atoms with E-state index in [9.17, 15) is 27.6 Å². The second-order valence-corrected chi connectivity index (χ2v) is 7.34. The van der Waals surface area contributed by atoms with Crippen LogP contribution in [0.15, 0.2) is 35.1 Å². The number of Topliss-reactive ketones (excluding diaryl/α,β-unsaturated/α-hetero) is 1. The van der Waals surface area contributed by atoms with E-state index < -0.39 is 34.5 Å². The van der Waals surface area contributed by atoms with Gasteiger partial charge in [0.15, 0.2) is 5.78 Å². The summed E-state index contributed by atoms with van der Waals surface area (Å²) < 4.78 is 39.2. The van der Waals surface area contributed by atoms with Crippen molar-refractivity contribution in [2.75, 3.05) is 5.32 Å². The van der Waals surface area contributed by atoms with Gasteiger partial charge in [-0.1, -0.05) is 26.0 Å². The Labute approximate surface area is 152 Å². The smallest absolute Gasteiger partial charge is 0.325 e. The zero-order chi connectivity index (χ0) is 20.0. The van der Waals surface area contributed by atoms with E-state index in [1.807, 2.05) is 13.8 Å². The zero-order valence-electron chi connectivity index (χ0n) is 14.7. The number of ketones is 1. The van der Waals surface area contributed by atoms with Crippen LogP contribution in [-0.2, 0) is 12.6 Å². The fraction of sp³-hybridized carbons (Fsp3) is 0.316. The third-order valence-corrected chi connectivity index (χ3v) is 4.44. The van der Waals surface area contributed by atoms with E-state index in [1.165, 1.54) is 12.1 Å². The Balaban J connectivity index is 1.97. The summed E-state index contributed by atoms with van der Waals surface area (Å²) in [5, 5.41) is 2.12. The number of amides is 1. The van der Waals surface area contributed by atoms with Gasteiger partial charge in [0, 0.05) is 17.7 Å². The van der Waals surface area contributed by atoms with Crippen molar-refractivity contribution in [3.8, 4) is 0 Å². The van der Waals surface area contributed by atoms with Crippen LogP contribution in [0.5, 0.6) is 0 Å². The number of aromatic nitrogens is 1. The quantitative estimate of drug-likeness (QED) is 0.834. The molecule has 5 nitrogen and oxygen atoms in total. The molecule has 1 aromatic carbocycles. The van der Waals surface area contributed by atoms with Crippen molar-refractivity contribution in [1.82, 2.24) is 4.98 Å². The Morgan fingerprint density at radius 1 is 1.15 bits per heavy atom. The van der Waals surface area contributed by atoms with Crippen LogP contribution in [0.1, 0.15) is 52.2 Å². The molecule has 1 aliphatic carbocycles. The molecule has 0 spiro atoms. The highest BCUT2D eigenvalue weighted by Gasteiger charge is 2.35. The van der Waals surface area contributed by atoms with Crippen LogP contribution in [0.2, 0.25) is 0 Å². The Morgan fingerprint density at radius 3 is 2.48 bits per heavy atom. The first-order chi connectivity index (χ1) is 12.5. The van der Waals surface area contributed by atoms with Crippen molar-refractivity contribution in [2.24, 2.45) is 5.41 Å². The topological polar surface area (TPSA) is 79.0 Å². The third kappa shape index (κ3) is 3.79. The van der Waals surface area contributed by atoms with E-state index in [2.05, 4.69) is 10.3 Å². The number of nitrogens with one attached hydrogen (secondary N) is 2. The van der Waals surface area contributed by atoms with E-state index in [0.717, 1.165) is 18.2 Å². The molecule has 8 heteroatoms. The van der Waals surface area contributed by atoms with Crippen molar-refractivity contribution in [3.05, 3.63) is 63.1 Å². The van der Waals surface area contributed by atoms with E-state index >= 15 is 0 Å². The second-order valence-electron chi connectivity index (χ2n) is 7.34. The number of alkyl halides is 3. The summed E-state index contributed by atoms with van der Waals surface area (Å²) in [5.41, 5.74) is -2.29. The lowest BCUT2D eigenvalue weighted by atomic mass is 9.75. The number of halogens is 3. The SMILES string of the molecule is CC1(C)CC(=O)c2cc(C(=O)Nc3ccccc3C(F)(F)F)c(=O)[nH]c2C1. The third-order valence-electron chi connectivity index (χ3n) is 4.44. The van der Waals surface area contributed by atoms with Crippen LogP contribution in [-0.4, -0.2) is 16.7 Å². The van der Waals surface area contributed by atoms with Crippen molar-refractivity contribution in [2.45, 2.75) is 32.9 Å². The minimum atomic E-state index is -4.66. The number of para-hydroxylation sites is 1. The molecule has 0 radical (unpaired) electrons. The van der Waals surface area contributed by atoms with Crippen LogP contribution < -0.4 is 10.9 Å². The molecular formula is C19H17F3N2O3. The van der Waals surface area contributed by atoms with Crippen molar-refractivity contribution in [1.29, 1.82) is 0 Å². The molecule has 3 rings (SSSR count). The Kier molecular flexibility index (Phi) is 4.45. The molecular weight excluding hydrogens is 361 g/mol. The summed E-state index contributed by atoms with van der Waals surface area (Å²) in [6.07, 6.45) is -3.94. The number of fused-ring (bicyclic) bond motifs is 1. The maximum atomic E-state index is 13.1. The van der Waals surface area contributed by atoms with Gasteiger partial charge in [0.05, 0.1) is 11.3 Å². The molecule has 1 aliphatic rings. The van der Waals surface area contributed by atoms with E-state index in [0.29, 0.717) is 12.1 Å². The maximum Gasteiger partial charge on any atom is 0.418 e. The van der Waals surface area contributed by atoms with Gasteiger partial charge in [0.1, 0.15) is 5.56 Å². The molecule has 0 unspecified atom stereocenters. The number of carbonyl (C=O) groups is 2. The molecule has 1 aromatic heterocycles. The zero-order valence-corrected chi connectivity index (χ0v) is 14.7. The Morgan fingerprint density at radius 2 is 1.81 bits per heavy atom. The first kappa shape index (κ1) is 18.9. The van der Waals surface area contributed by atoms with Gasteiger partial charge in [0.25, 0.3) is 11.5 Å². The predicted molar refractivity (Wildman–Crippen MR) is 92.9 cm³/mol. The van der Waals surface area contributed by atoms with Crippen LogP contribution in [0.4, 0.5) is 18.9 Å². The molecule has 0 aliphatic heterocycles. The highest BCUT2D eigenvalue weighted by molar-refractivity contribution is 6.07. The lowest BCUT2D eigenvalue weighted by molar-refractivity contribution is -0.136. The highest BCUT2D eigenvalue weighted by atomic mass is 19.4. The van der Waals surface area contributed by atoms with E-state index in [1.54, 1.807) is 0 Å². The molecule has 0 saturated carbocycles. The summed E-state index contributed by atoms with van der Waals surface area (Å²) in [4.78, 5) is 39.6. The van der Waals surface area contributed by atoms with Gasteiger partial charge in [-0.2, -0.15) is 13.2 Å². The number of aromatic amines is 1. The lowest BCUT2D eigenvalue weighted by Gasteiger charge is -2.29. The molecule has 0 fully saturated rings. The minimum absolute atomic E-state index is 0.220. The number of hydrogen-bond acceptors (Lipinski definition) is 3. The van der Waals surface area contributed by atoms with Crippen molar-refractivity contribution in [3.63, 3.8) is 0 Å². The van der Waals surface area contributed by atoms with Gasteiger partial charge in [-0.3, -0.25) is 14.4 Å². The standard InChI is InChI=1S/C19H17F3N2O3/c1-18(2)8-14-10(15(25)9-18)7-11(17(27)24-14)16(26)23-13-6-4-3-5-12(13)19(20,21)22/h3-7H,8-9H2,1-2H3,(H,23,26)(H,24,27). The summed E-state index contributed by atoms with van der Waals surface area (Å²) in [6, 6.07) is 5.63. The average molecular weight is 378 g/mol. The summed E-state index contributed by atoms with van der Waals surface area (Å²) in [6.45, 7) is 3.78. The van der Waals surface area contributed by atoms with E-state index in [-0.39, 0.29) is 23.2 Å². The van der Waals surface area contributed by atoms with Crippen molar-refractivity contribution < 1.29 is 22.8 Å². The summed E-state index contributed by atoms with van der Waals surface area (Å²) in [7, 11) is 0. The summed E-state index contributed by atoms with van der Waals surface area (Å²) in [5.74, 6) is -1.23. The maximum absolute atomic E-state index is 13.1. The number of anilines is 1. The monoisotopic (exact) mass is 378 g/mol. The number of benzene rings is 1. The molecule has 2 aromatic rings. The van der Waals surface area contributed by atoms with E-state index in [4.69, 9.17) is 0 Å². The van der Waals surface area contributed by atoms with Crippen LogP contribution in [0.3, 0.4) is 0 Å². The lowest BCUT2D eigenvalue weighted by Crippen LogP contribution is -2.33. The molecule has 1 amide bonds. The van der Waals surface area contributed by atoms with Crippen LogP contribution in [0, 0.1) is 5.41 Å². The molecule has 0 atom stereocenters. The second kappa shape index (κ2) is 6.37. The first-order valence-corrected chi connectivity index (χ1v) is 8.25.